The lowest BCUT2D eigenvalue weighted by Gasteiger charge is -2.00. The van der Waals surface area contributed by atoms with Gasteiger partial charge in [-0.1, -0.05) is 48.0 Å². The van der Waals surface area contributed by atoms with Gasteiger partial charge in [0.15, 0.2) is 5.70 Å². The van der Waals surface area contributed by atoms with E-state index in [-0.39, 0.29) is 5.70 Å². The van der Waals surface area contributed by atoms with E-state index < -0.39 is 5.97 Å². The molecule has 5 nitrogen and oxygen atoms in total. The second-order valence-electron chi connectivity index (χ2n) is 6.16. The van der Waals surface area contributed by atoms with Crippen molar-refractivity contribution >= 4 is 17.9 Å². The molecule has 1 aromatic heterocycles. The lowest BCUT2D eigenvalue weighted by Crippen LogP contribution is -2.05. The van der Waals surface area contributed by atoms with E-state index in [0.29, 0.717) is 12.4 Å². The van der Waals surface area contributed by atoms with Crippen molar-refractivity contribution in [2.24, 2.45) is 4.99 Å². The Morgan fingerprint density at radius 3 is 2.62 bits per heavy atom. The Balaban J connectivity index is 1.54. The van der Waals surface area contributed by atoms with Crippen LogP contribution in [0.15, 0.2) is 77.7 Å². The van der Waals surface area contributed by atoms with Crippen molar-refractivity contribution in [3.63, 3.8) is 0 Å². The summed E-state index contributed by atoms with van der Waals surface area (Å²) in [5, 5.41) is 4.34. The molecular formula is C21H17N3O2. The van der Waals surface area contributed by atoms with Crippen molar-refractivity contribution in [1.29, 1.82) is 0 Å². The van der Waals surface area contributed by atoms with E-state index in [4.69, 9.17) is 4.74 Å². The normalized spacial score (nSPS) is 15.2. The maximum absolute atomic E-state index is 12.1. The summed E-state index contributed by atoms with van der Waals surface area (Å²) in [5.41, 5.74) is 4.17. The van der Waals surface area contributed by atoms with Crippen LogP contribution in [0.5, 0.6) is 0 Å². The Bertz CT molecular complexity index is 999. The highest BCUT2D eigenvalue weighted by molar-refractivity contribution is 6.12. The van der Waals surface area contributed by atoms with Crippen LogP contribution >= 0.6 is 0 Å². The molecule has 5 heteroatoms. The highest BCUT2D eigenvalue weighted by Crippen LogP contribution is 2.19. The van der Waals surface area contributed by atoms with Gasteiger partial charge in [-0.3, -0.25) is 4.68 Å². The second kappa shape index (κ2) is 6.80. The summed E-state index contributed by atoms with van der Waals surface area (Å²) in [6.45, 7) is 2.68. The number of aliphatic imine (C=N–C) groups is 1. The van der Waals surface area contributed by atoms with E-state index in [1.54, 1.807) is 12.3 Å². The number of benzene rings is 2. The highest BCUT2D eigenvalue weighted by Gasteiger charge is 2.24. The van der Waals surface area contributed by atoms with E-state index >= 15 is 0 Å². The fourth-order valence-electron chi connectivity index (χ4n) is 2.70. The largest absolute Gasteiger partial charge is 0.402 e. The van der Waals surface area contributed by atoms with Crippen LogP contribution in [-0.4, -0.2) is 21.6 Å². The molecule has 26 heavy (non-hydrogen) atoms. The van der Waals surface area contributed by atoms with Crippen LogP contribution < -0.4 is 0 Å². The topological polar surface area (TPSA) is 56.5 Å². The van der Waals surface area contributed by atoms with Crippen LogP contribution in [0.25, 0.3) is 6.08 Å². The molecule has 0 unspecified atom stereocenters. The van der Waals surface area contributed by atoms with Gasteiger partial charge in [-0.05, 0) is 30.7 Å². The van der Waals surface area contributed by atoms with Crippen molar-refractivity contribution in [3.8, 4) is 0 Å². The Morgan fingerprint density at radius 1 is 1.08 bits per heavy atom. The maximum Gasteiger partial charge on any atom is 0.363 e. The minimum atomic E-state index is -0.448. The summed E-state index contributed by atoms with van der Waals surface area (Å²) < 4.78 is 7.12. The number of aromatic nitrogens is 2. The third-order valence-corrected chi connectivity index (χ3v) is 4.06. The van der Waals surface area contributed by atoms with Crippen LogP contribution in [0.1, 0.15) is 22.3 Å². The van der Waals surface area contributed by atoms with E-state index in [1.807, 2.05) is 72.4 Å². The number of nitrogens with zero attached hydrogens (tertiary/aromatic N) is 3. The van der Waals surface area contributed by atoms with E-state index in [0.717, 1.165) is 22.3 Å². The third-order valence-electron chi connectivity index (χ3n) is 4.06. The van der Waals surface area contributed by atoms with Gasteiger partial charge in [0.05, 0.1) is 12.7 Å². The molecule has 0 bridgehead atoms. The zero-order chi connectivity index (χ0) is 17.9. The number of rotatable bonds is 4. The molecule has 2 aromatic carbocycles. The fraction of sp³-hybridized carbons (Fsp3) is 0.0952. The van der Waals surface area contributed by atoms with Gasteiger partial charge < -0.3 is 4.74 Å². The predicted molar refractivity (Wildman–Crippen MR) is 99.6 cm³/mol. The average molecular weight is 343 g/mol. The number of hydrogen-bond acceptors (Lipinski definition) is 4. The average Bonchev–Trinajstić information content (AvgIpc) is 3.24. The molecule has 0 saturated heterocycles. The van der Waals surface area contributed by atoms with E-state index in [2.05, 4.69) is 10.1 Å². The highest BCUT2D eigenvalue weighted by atomic mass is 16.6. The first kappa shape index (κ1) is 16.0. The van der Waals surface area contributed by atoms with Crippen LogP contribution in [0.3, 0.4) is 0 Å². The van der Waals surface area contributed by atoms with Crippen LogP contribution in [0.2, 0.25) is 0 Å². The van der Waals surface area contributed by atoms with Gasteiger partial charge in [-0.25, -0.2) is 9.79 Å². The molecule has 0 fully saturated rings. The number of cyclic esters (lactones) is 1. The quantitative estimate of drug-likeness (QED) is 0.537. The molecule has 1 aliphatic heterocycles. The molecule has 1 aliphatic rings. The second-order valence-corrected chi connectivity index (χ2v) is 6.16. The summed E-state index contributed by atoms with van der Waals surface area (Å²) in [5.74, 6) is -0.116. The summed E-state index contributed by atoms with van der Waals surface area (Å²) in [4.78, 5) is 16.4. The van der Waals surface area contributed by atoms with Gasteiger partial charge in [0.25, 0.3) is 0 Å². The molecule has 0 amide bonds. The molecule has 3 aromatic rings. The number of carbonyl (C=O) groups is 1. The maximum atomic E-state index is 12.1. The van der Waals surface area contributed by atoms with Gasteiger partial charge in [0.2, 0.25) is 5.90 Å². The van der Waals surface area contributed by atoms with Gasteiger partial charge in [-0.15, -0.1) is 0 Å². The molecule has 0 atom stereocenters. The monoisotopic (exact) mass is 343 g/mol. The molecular weight excluding hydrogens is 326 g/mol. The van der Waals surface area contributed by atoms with Crippen molar-refractivity contribution in [1.82, 2.24) is 9.78 Å². The van der Waals surface area contributed by atoms with Gasteiger partial charge >= 0.3 is 5.97 Å². The van der Waals surface area contributed by atoms with Crippen LogP contribution in [0, 0.1) is 6.92 Å². The molecule has 0 saturated carbocycles. The number of ether oxygens (including phenoxy) is 1. The standard InChI is InChI=1S/C21H17N3O2/c1-15-7-9-18(10-8-15)20-23-19(21(25)26-20)11-17-12-22-24(14-17)13-16-5-3-2-4-6-16/h2-12,14H,13H2,1H3/b19-11+. The first-order chi connectivity index (χ1) is 12.7. The summed E-state index contributed by atoms with van der Waals surface area (Å²) in [6, 6.07) is 17.8. The first-order valence-electron chi connectivity index (χ1n) is 8.33. The molecule has 0 aliphatic carbocycles. The minimum absolute atomic E-state index is 0.278. The molecule has 4 rings (SSSR count). The fourth-order valence-corrected chi connectivity index (χ4v) is 2.70. The van der Waals surface area contributed by atoms with Gasteiger partial charge in [0.1, 0.15) is 0 Å². The van der Waals surface area contributed by atoms with Crippen LogP contribution in [-0.2, 0) is 16.1 Å². The van der Waals surface area contributed by atoms with Crippen LogP contribution in [0.4, 0.5) is 0 Å². The lowest BCUT2D eigenvalue weighted by molar-refractivity contribution is -0.129. The molecule has 2 heterocycles. The summed E-state index contributed by atoms with van der Waals surface area (Å²) in [6.07, 6.45) is 5.29. The summed E-state index contributed by atoms with van der Waals surface area (Å²) in [7, 11) is 0. The first-order valence-corrected chi connectivity index (χ1v) is 8.33. The van der Waals surface area contributed by atoms with E-state index in [9.17, 15) is 4.79 Å². The Morgan fingerprint density at radius 2 is 1.85 bits per heavy atom. The third kappa shape index (κ3) is 3.47. The number of carbonyl (C=O) groups excluding carboxylic acids is 1. The SMILES string of the molecule is Cc1ccc(C2=N/C(=C/c3cnn(Cc4ccccc4)c3)C(=O)O2)cc1. The Hall–Kier alpha value is -3.47. The van der Waals surface area contributed by atoms with E-state index in [1.165, 1.54) is 0 Å². The van der Waals surface area contributed by atoms with Crippen molar-refractivity contribution in [2.45, 2.75) is 13.5 Å². The van der Waals surface area contributed by atoms with Gasteiger partial charge in [0, 0.05) is 17.3 Å². The molecule has 0 N–H and O–H groups in total. The zero-order valence-electron chi connectivity index (χ0n) is 14.3. The molecule has 0 spiro atoms. The van der Waals surface area contributed by atoms with Gasteiger partial charge in [-0.2, -0.15) is 5.10 Å². The number of hydrogen-bond donors (Lipinski definition) is 0. The molecule has 0 radical (unpaired) electrons. The predicted octanol–water partition coefficient (Wildman–Crippen LogP) is 3.58. The minimum Gasteiger partial charge on any atom is -0.402 e. The number of aryl methyl sites for hydroxylation is 1. The molecule has 128 valence electrons. The number of esters is 1. The smallest absolute Gasteiger partial charge is 0.363 e. The lowest BCUT2D eigenvalue weighted by atomic mass is 10.1. The van der Waals surface area contributed by atoms with Crippen molar-refractivity contribution < 1.29 is 9.53 Å². The Kier molecular flexibility index (Phi) is 4.19. The van der Waals surface area contributed by atoms with Crippen molar-refractivity contribution in [2.75, 3.05) is 0 Å². The Labute approximate surface area is 151 Å². The summed E-state index contributed by atoms with van der Waals surface area (Å²) >= 11 is 0. The van der Waals surface area contributed by atoms with Crippen molar-refractivity contribution in [3.05, 3.63) is 94.9 Å². The zero-order valence-corrected chi connectivity index (χ0v) is 14.3.